The standard InChI is InChI=1S/C24H24ClN3O4S/c25-22-16-19(8-11-23(22)27-33(30,31)21-4-2-1-3-5-21)24(29)26-17-18-6-9-20(10-7-18)28-12-14-32-15-13-28/h1-11,16,27H,12-15,17H2,(H,26,29). The van der Waals surface area contributed by atoms with Crippen molar-refractivity contribution in [1.82, 2.24) is 5.32 Å². The molecule has 1 aliphatic rings. The molecule has 3 aromatic rings. The SMILES string of the molecule is O=C(NCc1ccc(N2CCOCC2)cc1)c1ccc(NS(=O)(=O)c2ccccc2)c(Cl)c1. The Morgan fingerprint density at radius 2 is 1.67 bits per heavy atom. The molecule has 3 aromatic carbocycles. The fourth-order valence-electron chi connectivity index (χ4n) is 3.47. The van der Waals surface area contributed by atoms with Gasteiger partial charge < -0.3 is 15.0 Å². The number of sulfonamides is 1. The van der Waals surface area contributed by atoms with Crippen LogP contribution in [-0.2, 0) is 21.3 Å². The average Bonchev–Trinajstić information content (AvgIpc) is 2.85. The van der Waals surface area contributed by atoms with Gasteiger partial charge in [0.15, 0.2) is 0 Å². The van der Waals surface area contributed by atoms with Crippen LogP contribution in [0, 0.1) is 0 Å². The molecule has 4 rings (SSSR count). The summed E-state index contributed by atoms with van der Waals surface area (Å²) in [5.41, 5.74) is 2.65. The number of ether oxygens (including phenoxy) is 1. The fourth-order valence-corrected chi connectivity index (χ4v) is 4.86. The van der Waals surface area contributed by atoms with Gasteiger partial charge in [-0.1, -0.05) is 41.9 Å². The molecule has 1 fully saturated rings. The zero-order valence-electron chi connectivity index (χ0n) is 17.8. The smallest absolute Gasteiger partial charge is 0.261 e. The highest BCUT2D eigenvalue weighted by atomic mass is 35.5. The molecule has 0 spiro atoms. The van der Waals surface area contributed by atoms with Crippen molar-refractivity contribution in [2.24, 2.45) is 0 Å². The molecule has 33 heavy (non-hydrogen) atoms. The Morgan fingerprint density at radius 1 is 0.970 bits per heavy atom. The molecule has 2 N–H and O–H groups in total. The predicted molar refractivity (Wildman–Crippen MR) is 129 cm³/mol. The average molecular weight is 486 g/mol. The first-order valence-electron chi connectivity index (χ1n) is 10.5. The van der Waals surface area contributed by atoms with Crippen LogP contribution in [0.5, 0.6) is 0 Å². The molecule has 0 bridgehead atoms. The Morgan fingerprint density at radius 3 is 2.33 bits per heavy atom. The molecule has 7 nitrogen and oxygen atoms in total. The lowest BCUT2D eigenvalue weighted by molar-refractivity contribution is 0.0951. The van der Waals surface area contributed by atoms with Crippen LogP contribution in [0.15, 0.2) is 77.7 Å². The van der Waals surface area contributed by atoms with Gasteiger partial charge in [-0.05, 0) is 48.0 Å². The first-order chi connectivity index (χ1) is 15.9. The van der Waals surface area contributed by atoms with E-state index in [2.05, 4.69) is 14.9 Å². The lowest BCUT2D eigenvalue weighted by Crippen LogP contribution is -2.36. The van der Waals surface area contributed by atoms with Gasteiger partial charge in [0, 0.05) is 30.9 Å². The summed E-state index contributed by atoms with van der Waals surface area (Å²) in [5, 5.41) is 3.00. The van der Waals surface area contributed by atoms with E-state index in [0.717, 1.165) is 37.6 Å². The van der Waals surface area contributed by atoms with Crippen LogP contribution < -0.4 is 14.9 Å². The Bertz CT molecular complexity index is 1210. The van der Waals surface area contributed by atoms with Crippen LogP contribution in [-0.4, -0.2) is 40.6 Å². The highest BCUT2D eigenvalue weighted by Gasteiger charge is 2.17. The van der Waals surface area contributed by atoms with Crippen LogP contribution >= 0.6 is 11.6 Å². The number of amides is 1. The molecule has 0 saturated carbocycles. The van der Waals surface area contributed by atoms with Gasteiger partial charge in [0.1, 0.15) is 0 Å². The largest absolute Gasteiger partial charge is 0.378 e. The number of morpholine rings is 1. The van der Waals surface area contributed by atoms with Crippen molar-refractivity contribution in [3.05, 3.63) is 88.9 Å². The number of hydrogen-bond acceptors (Lipinski definition) is 5. The van der Waals surface area contributed by atoms with E-state index in [1.165, 1.54) is 30.3 Å². The molecular weight excluding hydrogens is 462 g/mol. The molecule has 0 aliphatic carbocycles. The van der Waals surface area contributed by atoms with Gasteiger partial charge >= 0.3 is 0 Å². The second kappa shape index (κ2) is 10.2. The summed E-state index contributed by atoms with van der Waals surface area (Å²) < 4.78 is 32.8. The van der Waals surface area contributed by atoms with Crippen molar-refractivity contribution in [1.29, 1.82) is 0 Å². The van der Waals surface area contributed by atoms with Crippen molar-refractivity contribution < 1.29 is 17.9 Å². The molecule has 1 saturated heterocycles. The van der Waals surface area contributed by atoms with Crippen molar-refractivity contribution in [3.63, 3.8) is 0 Å². The highest BCUT2D eigenvalue weighted by molar-refractivity contribution is 7.92. The van der Waals surface area contributed by atoms with E-state index in [1.54, 1.807) is 18.2 Å². The summed E-state index contributed by atoms with van der Waals surface area (Å²) in [6.45, 7) is 3.56. The van der Waals surface area contributed by atoms with Gasteiger partial charge in [-0.2, -0.15) is 0 Å². The monoisotopic (exact) mass is 485 g/mol. The summed E-state index contributed by atoms with van der Waals surface area (Å²) in [6.07, 6.45) is 0. The molecule has 0 unspecified atom stereocenters. The van der Waals surface area contributed by atoms with Crippen LogP contribution in [0.4, 0.5) is 11.4 Å². The van der Waals surface area contributed by atoms with Crippen molar-refractivity contribution in [3.8, 4) is 0 Å². The third-order valence-corrected chi connectivity index (χ3v) is 6.99. The number of hydrogen-bond donors (Lipinski definition) is 2. The number of carbonyl (C=O) groups excluding carboxylic acids is 1. The summed E-state index contributed by atoms with van der Waals surface area (Å²) >= 11 is 6.25. The third-order valence-electron chi connectivity index (χ3n) is 5.29. The van der Waals surface area contributed by atoms with E-state index in [1.807, 2.05) is 24.3 Å². The lowest BCUT2D eigenvalue weighted by Gasteiger charge is -2.28. The molecule has 9 heteroatoms. The molecule has 172 valence electrons. The van der Waals surface area contributed by atoms with Gasteiger partial charge in [-0.3, -0.25) is 9.52 Å². The van der Waals surface area contributed by atoms with Crippen LogP contribution in [0.2, 0.25) is 5.02 Å². The zero-order chi connectivity index (χ0) is 23.3. The minimum atomic E-state index is -3.77. The van der Waals surface area contributed by atoms with Crippen LogP contribution in [0.3, 0.4) is 0 Å². The lowest BCUT2D eigenvalue weighted by atomic mass is 10.1. The summed E-state index contributed by atoms with van der Waals surface area (Å²) in [4.78, 5) is 15.0. The maximum atomic E-state index is 12.6. The molecule has 1 aliphatic heterocycles. The number of benzene rings is 3. The minimum Gasteiger partial charge on any atom is -0.378 e. The first-order valence-corrected chi connectivity index (χ1v) is 12.4. The van der Waals surface area contributed by atoms with Crippen molar-refractivity contribution in [2.75, 3.05) is 35.9 Å². The topological polar surface area (TPSA) is 87.7 Å². The maximum absolute atomic E-state index is 12.6. The van der Waals surface area contributed by atoms with Gasteiger partial charge in [0.2, 0.25) is 0 Å². The van der Waals surface area contributed by atoms with E-state index in [-0.39, 0.29) is 21.5 Å². The highest BCUT2D eigenvalue weighted by Crippen LogP contribution is 2.26. The van der Waals surface area contributed by atoms with E-state index in [0.29, 0.717) is 12.1 Å². The quantitative estimate of drug-likeness (QED) is 0.530. The Hall–Kier alpha value is -3.07. The number of carbonyl (C=O) groups is 1. The molecule has 0 radical (unpaired) electrons. The van der Waals surface area contributed by atoms with Gasteiger partial charge in [0.05, 0.1) is 28.8 Å². The van der Waals surface area contributed by atoms with Gasteiger partial charge in [0.25, 0.3) is 15.9 Å². The second-order valence-electron chi connectivity index (χ2n) is 7.56. The van der Waals surface area contributed by atoms with Crippen LogP contribution in [0.1, 0.15) is 15.9 Å². The van der Waals surface area contributed by atoms with Crippen molar-refractivity contribution >= 4 is 38.9 Å². The Labute approximate surface area is 198 Å². The van der Waals surface area contributed by atoms with E-state index in [4.69, 9.17) is 16.3 Å². The normalized spacial score (nSPS) is 14.0. The first kappa shape index (κ1) is 23.1. The number of nitrogens with one attached hydrogen (secondary N) is 2. The summed E-state index contributed by atoms with van der Waals surface area (Å²) in [7, 11) is -3.77. The van der Waals surface area contributed by atoms with Crippen molar-refractivity contribution in [2.45, 2.75) is 11.4 Å². The molecular formula is C24H24ClN3O4S. The summed E-state index contributed by atoms with van der Waals surface area (Å²) in [5.74, 6) is -0.299. The zero-order valence-corrected chi connectivity index (χ0v) is 19.4. The molecule has 0 aromatic heterocycles. The number of anilines is 2. The second-order valence-corrected chi connectivity index (χ2v) is 9.65. The fraction of sp³-hybridized carbons (Fsp3) is 0.208. The predicted octanol–water partition coefficient (Wildman–Crippen LogP) is 3.91. The number of halogens is 1. The van der Waals surface area contributed by atoms with Crippen LogP contribution in [0.25, 0.3) is 0 Å². The van der Waals surface area contributed by atoms with E-state index >= 15 is 0 Å². The van der Waals surface area contributed by atoms with Gasteiger partial charge in [-0.15, -0.1) is 0 Å². The molecule has 1 amide bonds. The van der Waals surface area contributed by atoms with E-state index in [9.17, 15) is 13.2 Å². The third kappa shape index (κ3) is 5.84. The molecule has 1 heterocycles. The maximum Gasteiger partial charge on any atom is 0.261 e. The summed E-state index contributed by atoms with van der Waals surface area (Å²) in [6, 6.07) is 20.5. The van der Waals surface area contributed by atoms with E-state index < -0.39 is 10.0 Å². The Kier molecular flexibility index (Phi) is 7.17. The number of rotatable bonds is 7. The van der Waals surface area contributed by atoms with Gasteiger partial charge in [-0.25, -0.2) is 8.42 Å². The number of nitrogens with zero attached hydrogens (tertiary/aromatic N) is 1. The minimum absolute atomic E-state index is 0.127. The Balaban J connectivity index is 1.36. The molecule has 0 atom stereocenters.